The van der Waals surface area contributed by atoms with Gasteiger partial charge in [0.05, 0.1) is 12.7 Å². The normalized spacial score (nSPS) is 10.6. The second-order valence-electron chi connectivity index (χ2n) is 6.00. The lowest BCUT2D eigenvalue weighted by molar-refractivity contribution is -0.114. The Morgan fingerprint density at radius 1 is 1.20 bits per heavy atom. The van der Waals surface area contributed by atoms with Crippen molar-refractivity contribution in [3.63, 3.8) is 0 Å². The van der Waals surface area contributed by atoms with Crippen LogP contribution in [0, 0.1) is 13.8 Å². The summed E-state index contributed by atoms with van der Waals surface area (Å²) >= 11 is 1.40. The molecule has 5 nitrogen and oxygen atoms in total. The van der Waals surface area contributed by atoms with Gasteiger partial charge in [-0.1, -0.05) is 12.1 Å². The topological polar surface area (TPSA) is 81.4 Å². The molecule has 0 atom stereocenters. The first kappa shape index (κ1) is 19.0. The zero-order valence-corrected chi connectivity index (χ0v) is 15.9. The number of hydrogen-bond acceptors (Lipinski definition) is 4. The average Bonchev–Trinajstić information content (AvgIpc) is 2.83. The van der Waals surface area contributed by atoms with Crippen molar-refractivity contribution in [3.05, 3.63) is 45.3 Å². The molecule has 0 saturated heterocycles. The SMILES string of the molecule is COc1cccc(C)c1CCCc1c(C)sc(NC(C)=O)c1C(N)=O. The molecule has 0 unspecified atom stereocenters. The van der Waals surface area contributed by atoms with Gasteiger partial charge in [0.25, 0.3) is 5.91 Å². The maximum absolute atomic E-state index is 11.9. The van der Waals surface area contributed by atoms with E-state index in [0.717, 1.165) is 35.5 Å². The molecule has 1 heterocycles. The quantitative estimate of drug-likeness (QED) is 0.791. The lowest BCUT2D eigenvalue weighted by atomic mass is 9.98. The summed E-state index contributed by atoms with van der Waals surface area (Å²) in [5.41, 5.74) is 9.29. The molecule has 2 amide bonds. The number of rotatable bonds is 7. The molecule has 0 radical (unpaired) electrons. The molecule has 1 aromatic heterocycles. The van der Waals surface area contributed by atoms with Crippen LogP contribution in [0.5, 0.6) is 5.75 Å². The van der Waals surface area contributed by atoms with Gasteiger partial charge >= 0.3 is 0 Å². The minimum Gasteiger partial charge on any atom is -0.496 e. The van der Waals surface area contributed by atoms with Gasteiger partial charge in [-0.2, -0.15) is 0 Å². The Kier molecular flexibility index (Phi) is 6.20. The molecule has 25 heavy (non-hydrogen) atoms. The minimum atomic E-state index is -0.503. The van der Waals surface area contributed by atoms with E-state index in [1.807, 2.05) is 19.1 Å². The van der Waals surface area contributed by atoms with E-state index in [2.05, 4.69) is 18.3 Å². The van der Waals surface area contributed by atoms with Gasteiger partial charge in [0, 0.05) is 11.8 Å². The fraction of sp³-hybridized carbons (Fsp3) is 0.368. The first-order valence-corrected chi connectivity index (χ1v) is 8.99. The predicted molar refractivity (Wildman–Crippen MR) is 102 cm³/mol. The number of nitrogens with one attached hydrogen (secondary N) is 1. The number of hydrogen-bond donors (Lipinski definition) is 2. The second kappa shape index (κ2) is 8.16. The Morgan fingerprint density at radius 3 is 2.48 bits per heavy atom. The van der Waals surface area contributed by atoms with Crippen molar-refractivity contribution in [3.8, 4) is 5.75 Å². The lowest BCUT2D eigenvalue weighted by Gasteiger charge is -2.12. The minimum absolute atomic E-state index is 0.208. The number of carbonyl (C=O) groups excluding carboxylic acids is 2. The smallest absolute Gasteiger partial charge is 0.251 e. The Bertz CT molecular complexity index is 796. The molecule has 0 aliphatic heterocycles. The highest BCUT2D eigenvalue weighted by Gasteiger charge is 2.20. The highest BCUT2D eigenvalue weighted by Crippen LogP contribution is 2.34. The van der Waals surface area contributed by atoms with Gasteiger partial charge in [0.2, 0.25) is 5.91 Å². The van der Waals surface area contributed by atoms with Crippen LogP contribution in [0.3, 0.4) is 0 Å². The summed E-state index contributed by atoms with van der Waals surface area (Å²) in [5, 5.41) is 3.25. The third-order valence-corrected chi connectivity index (χ3v) is 5.25. The van der Waals surface area contributed by atoms with Crippen LogP contribution in [0.25, 0.3) is 0 Å². The van der Waals surface area contributed by atoms with E-state index >= 15 is 0 Å². The van der Waals surface area contributed by atoms with Gasteiger partial charge in [0.15, 0.2) is 0 Å². The summed E-state index contributed by atoms with van der Waals surface area (Å²) in [5.74, 6) is 0.174. The van der Waals surface area contributed by atoms with Crippen LogP contribution in [0.15, 0.2) is 18.2 Å². The van der Waals surface area contributed by atoms with Crippen LogP contribution in [0.1, 0.15) is 45.3 Å². The van der Waals surface area contributed by atoms with Crippen molar-refractivity contribution in [1.29, 1.82) is 0 Å². The summed E-state index contributed by atoms with van der Waals surface area (Å²) in [7, 11) is 1.67. The number of ether oxygens (including phenoxy) is 1. The zero-order valence-electron chi connectivity index (χ0n) is 15.1. The number of aryl methyl sites for hydroxylation is 2. The summed E-state index contributed by atoms with van der Waals surface area (Å²) in [6.07, 6.45) is 2.43. The maximum atomic E-state index is 11.9. The predicted octanol–water partition coefficient (Wildman–Crippen LogP) is 3.61. The average molecular weight is 360 g/mol. The van der Waals surface area contributed by atoms with Gasteiger partial charge < -0.3 is 15.8 Å². The highest BCUT2D eigenvalue weighted by molar-refractivity contribution is 7.16. The highest BCUT2D eigenvalue weighted by atomic mass is 32.1. The first-order chi connectivity index (χ1) is 11.8. The summed E-state index contributed by atoms with van der Waals surface area (Å²) in [4.78, 5) is 24.2. The van der Waals surface area contributed by atoms with Crippen LogP contribution in [0.2, 0.25) is 0 Å². The number of benzene rings is 1. The third-order valence-electron chi connectivity index (χ3n) is 4.19. The molecule has 3 N–H and O–H groups in total. The number of thiophene rings is 1. The van der Waals surface area contributed by atoms with Crippen molar-refractivity contribution in [2.75, 3.05) is 12.4 Å². The molecule has 2 rings (SSSR count). The van der Waals surface area contributed by atoms with Gasteiger partial charge in [-0.05, 0) is 55.9 Å². The number of methoxy groups -OCH3 is 1. The maximum Gasteiger partial charge on any atom is 0.251 e. The Labute approximate surface area is 152 Å². The van der Waals surface area contributed by atoms with E-state index in [1.165, 1.54) is 29.4 Å². The van der Waals surface area contributed by atoms with Crippen LogP contribution < -0.4 is 15.8 Å². The third kappa shape index (κ3) is 4.39. The molecule has 2 aromatic rings. The zero-order chi connectivity index (χ0) is 18.6. The fourth-order valence-electron chi connectivity index (χ4n) is 3.02. The van der Waals surface area contributed by atoms with Crippen molar-refractivity contribution in [1.82, 2.24) is 0 Å². The molecule has 0 aliphatic carbocycles. The molecule has 1 aromatic carbocycles. The Morgan fingerprint density at radius 2 is 1.88 bits per heavy atom. The van der Waals surface area contributed by atoms with Crippen molar-refractivity contribution in [2.45, 2.75) is 40.0 Å². The number of carbonyl (C=O) groups is 2. The van der Waals surface area contributed by atoms with Crippen LogP contribution in [-0.2, 0) is 17.6 Å². The van der Waals surface area contributed by atoms with E-state index in [-0.39, 0.29) is 5.91 Å². The molecule has 134 valence electrons. The molecular weight excluding hydrogens is 336 g/mol. The summed E-state index contributed by atoms with van der Waals surface area (Å²) < 4.78 is 5.44. The lowest BCUT2D eigenvalue weighted by Crippen LogP contribution is -2.16. The fourth-order valence-corrected chi connectivity index (χ4v) is 4.17. The number of primary amides is 1. The second-order valence-corrected chi connectivity index (χ2v) is 7.22. The van der Waals surface area contributed by atoms with E-state index in [4.69, 9.17) is 10.5 Å². The Balaban J connectivity index is 2.20. The Hall–Kier alpha value is -2.34. The molecule has 0 fully saturated rings. The summed E-state index contributed by atoms with van der Waals surface area (Å²) in [6.45, 7) is 5.44. The van der Waals surface area contributed by atoms with Gasteiger partial charge in [0.1, 0.15) is 10.8 Å². The van der Waals surface area contributed by atoms with Gasteiger partial charge in [-0.15, -0.1) is 11.3 Å². The first-order valence-electron chi connectivity index (χ1n) is 8.17. The van der Waals surface area contributed by atoms with E-state index in [0.29, 0.717) is 10.6 Å². The molecule has 6 heteroatoms. The monoisotopic (exact) mass is 360 g/mol. The molecule has 0 saturated carbocycles. The van der Waals surface area contributed by atoms with Gasteiger partial charge in [-0.3, -0.25) is 9.59 Å². The van der Waals surface area contributed by atoms with Crippen molar-refractivity contribution >= 4 is 28.2 Å². The van der Waals surface area contributed by atoms with Crippen LogP contribution in [-0.4, -0.2) is 18.9 Å². The van der Waals surface area contributed by atoms with Crippen LogP contribution in [0.4, 0.5) is 5.00 Å². The van der Waals surface area contributed by atoms with E-state index < -0.39 is 5.91 Å². The largest absolute Gasteiger partial charge is 0.496 e. The van der Waals surface area contributed by atoms with E-state index in [9.17, 15) is 9.59 Å². The molecular formula is C19H24N2O3S. The van der Waals surface area contributed by atoms with Crippen molar-refractivity contribution < 1.29 is 14.3 Å². The van der Waals surface area contributed by atoms with E-state index in [1.54, 1.807) is 7.11 Å². The summed E-state index contributed by atoms with van der Waals surface area (Å²) in [6, 6.07) is 6.00. The van der Waals surface area contributed by atoms with Crippen molar-refractivity contribution in [2.24, 2.45) is 5.73 Å². The molecule has 0 spiro atoms. The van der Waals surface area contributed by atoms with Gasteiger partial charge in [-0.25, -0.2) is 0 Å². The number of nitrogens with two attached hydrogens (primary N) is 1. The molecule has 0 aliphatic rings. The number of anilines is 1. The number of amides is 2. The molecule has 0 bridgehead atoms. The standard InChI is InChI=1S/C19H24N2O3S/c1-11-7-5-10-16(24-4)14(11)8-6-9-15-12(2)25-19(21-13(3)22)17(15)18(20)23/h5,7,10H,6,8-9H2,1-4H3,(H2,20,23)(H,21,22). The van der Waals surface area contributed by atoms with Crippen LogP contribution >= 0.6 is 11.3 Å².